The summed E-state index contributed by atoms with van der Waals surface area (Å²) in [6.07, 6.45) is 2.65. The smallest absolute Gasteiger partial charge is 0.0897 e. The Morgan fingerprint density at radius 2 is 2.18 bits per heavy atom. The highest BCUT2D eigenvalue weighted by Gasteiger charge is 2.18. The van der Waals surface area contributed by atoms with E-state index >= 15 is 0 Å². The topological polar surface area (TPSA) is 48.4 Å². The lowest BCUT2D eigenvalue weighted by molar-refractivity contribution is 0.104. The molecule has 3 rings (SSSR count). The molecule has 0 spiro atoms. The molecule has 0 radical (unpaired) electrons. The van der Waals surface area contributed by atoms with E-state index in [-0.39, 0.29) is 6.10 Å². The molecule has 2 aromatic rings. The maximum Gasteiger partial charge on any atom is 0.0897 e. The molecular formula is C17H23N3OS. The van der Waals surface area contributed by atoms with Crippen molar-refractivity contribution < 1.29 is 5.11 Å². The van der Waals surface area contributed by atoms with Gasteiger partial charge in [0.2, 0.25) is 0 Å². The number of rotatable bonds is 6. The second-order valence-corrected chi connectivity index (χ2v) is 7.20. The van der Waals surface area contributed by atoms with Crippen LogP contribution in [0, 0.1) is 6.92 Å². The molecule has 0 saturated carbocycles. The van der Waals surface area contributed by atoms with Crippen molar-refractivity contribution >= 4 is 11.3 Å². The molecule has 1 aliphatic heterocycles. The Hall–Kier alpha value is -1.27. The van der Waals surface area contributed by atoms with E-state index in [1.807, 2.05) is 13.1 Å². The zero-order chi connectivity index (χ0) is 15.4. The van der Waals surface area contributed by atoms with Crippen LogP contribution >= 0.6 is 11.3 Å². The molecule has 0 amide bonds. The van der Waals surface area contributed by atoms with Crippen molar-refractivity contribution in [3.8, 4) is 0 Å². The van der Waals surface area contributed by atoms with Crippen LogP contribution in [-0.2, 0) is 19.5 Å². The van der Waals surface area contributed by atoms with Crippen molar-refractivity contribution in [2.45, 2.75) is 32.5 Å². The van der Waals surface area contributed by atoms with E-state index in [4.69, 9.17) is 0 Å². The molecule has 0 saturated heterocycles. The van der Waals surface area contributed by atoms with Gasteiger partial charge in [-0.1, -0.05) is 24.3 Å². The summed E-state index contributed by atoms with van der Waals surface area (Å²) >= 11 is 1.70. The Bertz CT molecular complexity index is 613. The summed E-state index contributed by atoms with van der Waals surface area (Å²) < 4.78 is 0. The summed E-state index contributed by atoms with van der Waals surface area (Å²) in [6.45, 7) is 6.12. The number of aryl methyl sites for hydroxylation is 1. The van der Waals surface area contributed by atoms with Crippen LogP contribution in [-0.4, -0.2) is 40.7 Å². The Kier molecular flexibility index (Phi) is 5.20. The molecule has 2 N–H and O–H groups in total. The van der Waals surface area contributed by atoms with E-state index in [1.54, 1.807) is 11.3 Å². The second-order valence-electron chi connectivity index (χ2n) is 5.88. The minimum Gasteiger partial charge on any atom is -0.390 e. The van der Waals surface area contributed by atoms with Gasteiger partial charge in [0.1, 0.15) is 0 Å². The summed E-state index contributed by atoms with van der Waals surface area (Å²) in [7, 11) is 0. The monoisotopic (exact) mass is 317 g/mol. The predicted octanol–water partition coefficient (Wildman–Crippen LogP) is 1.96. The van der Waals surface area contributed by atoms with Gasteiger partial charge in [-0.25, -0.2) is 4.98 Å². The third-order valence-electron chi connectivity index (χ3n) is 4.03. The maximum absolute atomic E-state index is 10.2. The highest BCUT2D eigenvalue weighted by atomic mass is 32.1. The van der Waals surface area contributed by atoms with Crippen LogP contribution in [0.2, 0.25) is 0 Å². The number of thiazole rings is 1. The van der Waals surface area contributed by atoms with Gasteiger partial charge in [-0.3, -0.25) is 4.90 Å². The van der Waals surface area contributed by atoms with Crippen molar-refractivity contribution in [2.75, 3.05) is 19.6 Å². The molecular weight excluding hydrogens is 294 g/mol. The molecule has 1 aromatic carbocycles. The molecule has 0 fully saturated rings. The van der Waals surface area contributed by atoms with Gasteiger partial charge in [-0.15, -0.1) is 11.3 Å². The average molecular weight is 317 g/mol. The van der Waals surface area contributed by atoms with Crippen molar-refractivity contribution in [3.05, 3.63) is 51.5 Å². The third-order valence-corrected chi connectivity index (χ3v) is 4.94. The Morgan fingerprint density at radius 3 is 2.95 bits per heavy atom. The molecule has 5 heteroatoms. The third kappa shape index (κ3) is 4.14. The van der Waals surface area contributed by atoms with Crippen LogP contribution in [0.15, 0.2) is 30.5 Å². The summed E-state index contributed by atoms with van der Waals surface area (Å²) in [5.74, 6) is 0. The SMILES string of the molecule is Cc1ncc(CNCC(O)CN2CCc3ccccc3C2)s1. The second kappa shape index (κ2) is 7.33. The number of β-amino-alcohol motifs (C(OH)–C–C–N with tert-alkyl or cyclic N) is 1. The predicted molar refractivity (Wildman–Crippen MR) is 90.0 cm³/mol. The van der Waals surface area contributed by atoms with E-state index < -0.39 is 0 Å². The summed E-state index contributed by atoms with van der Waals surface area (Å²) in [4.78, 5) is 7.80. The Labute approximate surface area is 135 Å². The van der Waals surface area contributed by atoms with E-state index in [2.05, 4.69) is 39.5 Å². The number of hydrogen-bond acceptors (Lipinski definition) is 5. The molecule has 2 heterocycles. The van der Waals surface area contributed by atoms with Gasteiger partial charge >= 0.3 is 0 Å². The molecule has 0 aliphatic carbocycles. The molecule has 22 heavy (non-hydrogen) atoms. The first-order valence-electron chi connectivity index (χ1n) is 7.80. The first-order chi connectivity index (χ1) is 10.7. The first-order valence-corrected chi connectivity index (χ1v) is 8.61. The minimum atomic E-state index is -0.334. The molecule has 1 aliphatic rings. The fourth-order valence-electron chi connectivity index (χ4n) is 2.92. The zero-order valence-corrected chi connectivity index (χ0v) is 13.8. The molecule has 0 bridgehead atoms. The summed E-state index contributed by atoms with van der Waals surface area (Å²) in [6, 6.07) is 8.60. The molecule has 118 valence electrons. The summed E-state index contributed by atoms with van der Waals surface area (Å²) in [5, 5.41) is 14.6. The van der Waals surface area contributed by atoms with Crippen LogP contribution in [0.5, 0.6) is 0 Å². The van der Waals surface area contributed by atoms with Gasteiger partial charge in [-0.2, -0.15) is 0 Å². The molecule has 1 aromatic heterocycles. The highest BCUT2D eigenvalue weighted by molar-refractivity contribution is 7.11. The van der Waals surface area contributed by atoms with E-state index in [0.717, 1.165) is 37.6 Å². The van der Waals surface area contributed by atoms with Crippen molar-refractivity contribution in [2.24, 2.45) is 0 Å². The fraction of sp³-hybridized carbons (Fsp3) is 0.471. The average Bonchev–Trinajstić information content (AvgIpc) is 2.92. The fourth-order valence-corrected chi connectivity index (χ4v) is 3.69. The number of aliphatic hydroxyl groups excluding tert-OH is 1. The number of aliphatic hydroxyl groups is 1. The summed E-state index contributed by atoms with van der Waals surface area (Å²) in [5.41, 5.74) is 2.85. The minimum absolute atomic E-state index is 0.334. The number of benzene rings is 1. The van der Waals surface area contributed by atoms with Gasteiger partial charge in [0.25, 0.3) is 0 Å². The van der Waals surface area contributed by atoms with E-state index in [0.29, 0.717) is 6.54 Å². The largest absolute Gasteiger partial charge is 0.390 e. The van der Waals surface area contributed by atoms with Crippen LogP contribution in [0.1, 0.15) is 21.0 Å². The van der Waals surface area contributed by atoms with E-state index in [1.165, 1.54) is 16.0 Å². The van der Waals surface area contributed by atoms with Crippen LogP contribution < -0.4 is 5.32 Å². The van der Waals surface area contributed by atoms with Crippen LogP contribution in [0.3, 0.4) is 0 Å². The number of nitrogens with one attached hydrogen (secondary N) is 1. The van der Waals surface area contributed by atoms with Crippen molar-refractivity contribution in [3.63, 3.8) is 0 Å². The maximum atomic E-state index is 10.2. The first kappa shape index (κ1) is 15.6. The lowest BCUT2D eigenvalue weighted by Crippen LogP contribution is -2.40. The number of nitrogens with zero attached hydrogens (tertiary/aromatic N) is 2. The van der Waals surface area contributed by atoms with E-state index in [9.17, 15) is 5.11 Å². The lowest BCUT2D eigenvalue weighted by atomic mass is 10.00. The number of hydrogen-bond donors (Lipinski definition) is 2. The van der Waals surface area contributed by atoms with Gasteiger partial charge in [0.05, 0.1) is 11.1 Å². The number of aromatic nitrogens is 1. The Balaban J connectivity index is 1.42. The standard InChI is InChI=1S/C17H23N3OS/c1-13-19-10-17(22-13)9-18-8-16(21)12-20-7-6-14-4-2-3-5-15(14)11-20/h2-5,10,16,18,21H,6-9,11-12H2,1H3. The van der Waals surface area contributed by atoms with Crippen molar-refractivity contribution in [1.29, 1.82) is 0 Å². The van der Waals surface area contributed by atoms with Gasteiger partial charge in [0.15, 0.2) is 0 Å². The highest BCUT2D eigenvalue weighted by Crippen LogP contribution is 2.18. The lowest BCUT2D eigenvalue weighted by Gasteiger charge is -2.30. The van der Waals surface area contributed by atoms with Crippen molar-refractivity contribution in [1.82, 2.24) is 15.2 Å². The normalized spacial score (nSPS) is 16.5. The molecule has 1 unspecified atom stereocenters. The van der Waals surface area contributed by atoms with Gasteiger partial charge in [-0.05, 0) is 24.5 Å². The van der Waals surface area contributed by atoms with Crippen LogP contribution in [0.25, 0.3) is 0 Å². The van der Waals surface area contributed by atoms with Crippen LogP contribution in [0.4, 0.5) is 0 Å². The van der Waals surface area contributed by atoms with Gasteiger partial charge < -0.3 is 10.4 Å². The number of fused-ring (bicyclic) bond motifs is 1. The quantitative estimate of drug-likeness (QED) is 0.855. The molecule has 1 atom stereocenters. The molecule has 4 nitrogen and oxygen atoms in total. The Morgan fingerprint density at radius 1 is 1.36 bits per heavy atom. The van der Waals surface area contributed by atoms with Gasteiger partial charge in [0, 0.05) is 43.8 Å². The zero-order valence-electron chi connectivity index (χ0n) is 13.0.